The summed E-state index contributed by atoms with van der Waals surface area (Å²) >= 11 is 8.01. The highest BCUT2D eigenvalue weighted by Gasteiger charge is 2.26. The van der Waals surface area contributed by atoms with Crippen molar-refractivity contribution in [2.24, 2.45) is 5.92 Å². The monoisotopic (exact) mass is 267 g/mol. The van der Waals surface area contributed by atoms with Crippen molar-refractivity contribution in [3.8, 4) is 0 Å². The fourth-order valence-electron chi connectivity index (χ4n) is 2.24. The molecule has 1 aliphatic rings. The number of hydrogen-bond donors (Lipinski definition) is 0. The molecule has 3 nitrogen and oxygen atoms in total. The van der Waals surface area contributed by atoms with Gasteiger partial charge in [0.25, 0.3) is 0 Å². The lowest BCUT2D eigenvalue weighted by Crippen LogP contribution is -2.40. The van der Waals surface area contributed by atoms with E-state index < -0.39 is 0 Å². The Balaban J connectivity index is 1.96. The number of rotatable bonds is 1. The third kappa shape index (κ3) is 2.00. The van der Waals surface area contributed by atoms with E-state index >= 15 is 0 Å². The Labute approximate surface area is 109 Å². The van der Waals surface area contributed by atoms with Gasteiger partial charge in [-0.3, -0.25) is 0 Å². The summed E-state index contributed by atoms with van der Waals surface area (Å²) in [6, 6.07) is 2.09. The van der Waals surface area contributed by atoms with Gasteiger partial charge in [-0.1, -0.05) is 6.92 Å². The molecule has 1 aliphatic heterocycles. The third-order valence-corrected chi connectivity index (χ3v) is 4.80. The van der Waals surface area contributed by atoms with Gasteiger partial charge in [0.2, 0.25) is 0 Å². The van der Waals surface area contributed by atoms with E-state index in [0.717, 1.165) is 35.5 Å². The van der Waals surface area contributed by atoms with Crippen molar-refractivity contribution in [2.45, 2.75) is 18.7 Å². The van der Waals surface area contributed by atoms with Crippen LogP contribution >= 0.6 is 22.9 Å². The maximum Gasteiger partial charge on any atom is 0.140 e. The van der Waals surface area contributed by atoms with Crippen LogP contribution in [0.3, 0.4) is 0 Å². The number of aromatic nitrogens is 2. The van der Waals surface area contributed by atoms with Gasteiger partial charge in [0.15, 0.2) is 0 Å². The Kier molecular flexibility index (Phi) is 2.92. The van der Waals surface area contributed by atoms with Crippen LogP contribution in [0.25, 0.3) is 10.2 Å². The standard InChI is InChI=1S/C12H14ClN3S/c1-8-2-4-16(6-10(8)13)11-9-3-5-17-12(9)15-7-14-11/h3,5,7-8,10H,2,4,6H2,1H3. The zero-order valence-corrected chi connectivity index (χ0v) is 11.2. The summed E-state index contributed by atoms with van der Waals surface area (Å²) in [6.45, 7) is 4.13. The summed E-state index contributed by atoms with van der Waals surface area (Å²) in [5, 5.41) is 3.43. The van der Waals surface area contributed by atoms with E-state index in [1.54, 1.807) is 17.7 Å². The van der Waals surface area contributed by atoms with Crippen LogP contribution in [0.15, 0.2) is 17.8 Å². The molecular formula is C12H14ClN3S. The van der Waals surface area contributed by atoms with E-state index in [2.05, 4.69) is 33.2 Å². The fourth-order valence-corrected chi connectivity index (χ4v) is 3.26. The van der Waals surface area contributed by atoms with Crippen LogP contribution in [0.5, 0.6) is 0 Å². The van der Waals surface area contributed by atoms with E-state index in [1.807, 2.05) is 0 Å². The molecule has 0 N–H and O–H groups in total. The first-order valence-electron chi connectivity index (χ1n) is 5.83. The van der Waals surface area contributed by atoms with Crippen molar-refractivity contribution in [1.29, 1.82) is 0 Å². The van der Waals surface area contributed by atoms with Gasteiger partial charge in [-0.15, -0.1) is 22.9 Å². The van der Waals surface area contributed by atoms with Crippen LogP contribution in [0.2, 0.25) is 0 Å². The second kappa shape index (κ2) is 4.42. The molecule has 17 heavy (non-hydrogen) atoms. The second-order valence-electron chi connectivity index (χ2n) is 4.56. The first kappa shape index (κ1) is 11.2. The molecule has 1 saturated heterocycles. The lowest BCUT2D eigenvalue weighted by Gasteiger charge is -2.34. The molecule has 2 aromatic rings. The van der Waals surface area contributed by atoms with Gasteiger partial charge >= 0.3 is 0 Å². The average Bonchev–Trinajstić information content (AvgIpc) is 2.80. The Morgan fingerprint density at radius 2 is 2.35 bits per heavy atom. The highest BCUT2D eigenvalue weighted by Crippen LogP contribution is 2.31. The zero-order chi connectivity index (χ0) is 11.8. The number of alkyl halides is 1. The summed E-state index contributed by atoms with van der Waals surface area (Å²) in [4.78, 5) is 12.0. The van der Waals surface area contributed by atoms with Crippen LogP contribution in [0.4, 0.5) is 5.82 Å². The molecule has 1 fully saturated rings. The van der Waals surface area contributed by atoms with E-state index in [1.165, 1.54) is 0 Å². The van der Waals surface area contributed by atoms with E-state index in [0.29, 0.717) is 5.92 Å². The normalized spacial score (nSPS) is 25.4. The van der Waals surface area contributed by atoms with Gasteiger partial charge in [-0.2, -0.15) is 0 Å². The topological polar surface area (TPSA) is 29.0 Å². The summed E-state index contributed by atoms with van der Waals surface area (Å²) in [7, 11) is 0. The van der Waals surface area contributed by atoms with Crippen LogP contribution in [-0.4, -0.2) is 28.4 Å². The molecule has 3 heterocycles. The smallest absolute Gasteiger partial charge is 0.140 e. The van der Waals surface area contributed by atoms with Gasteiger partial charge < -0.3 is 4.90 Å². The first-order valence-corrected chi connectivity index (χ1v) is 7.14. The minimum atomic E-state index is 0.215. The Bertz CT molecular complexity index is 527. The van der Waals surface area contributed by atoms with Crippen LogP contribution in [0, 0.1) is 5.92 Å². The predicted molar refractivity (Wildman–Crippen MR) is 73.1 cm³/mol. The zero-order valence-electron chi connectivity index (χ0n) is 9.64. The van der Waals surface area contributed by atoms with Gasteiger partial charge in [-0.05, 0) is 23.8 Å². The number of fused-ring (bicyclic) bond motifs is 1. The summed E-state index contributed by atoms with van der Waals surface area (Å²) < 4.78 is 0. The molecule has 3 rings (SSSR count). The van der Waals surface area contributed by atoms with Gasteiger partial charge in [-0.25, -0.2) is 9.97 Å². The Morgan fingerprint density at radius 3 is 3.18 bits per heavy atom. The first-order chi connectivity index (χ1) is 8.25. The molecule has 2 atom stereocenters. The molecule has 0 aromatic carbocycles. The molecule has 90 valence electrons. The van der Waals surface area contributed by atoms with E-state index in [-0.39, 0.29) is 5.38 Å². The number of piperidine rings is 1. The SMILES string of the molecule is CC1CCN(c2ncnc3sccc23)CC1Cl. The summed E-state index contributed by atoms with van der Waals surface area (Å²) in [5.74, 6) is 1.63. The number of anilines is 1. The molecular weight excluding hydrogens is 254 g/mol. The van der Waals surface area contributed by atoms with Crippen LogP contribution in [-0.2, 0) is 0 Å². The van der Waals surface area contributed by atoms with Crippen LogP contribution < -0.4 is 4.90 Å². The largest absolute Gasteiger partial charge is 0.354 e. The van der Waals surface area contributed by atoms with Crippen LogP contribution in [0.1, 0.15) is 13.3 Å². The van der Waals surface area contributed by atoms with Crippen molar-refractivity contribution in [3.05, 3.63) is 17.8 Å². The molecule has 0 radical (unpaired) electrons. The van der Waals surface area contributed by atoms with Gasteiger partial charge in [0.05, 0.1) is 10.8 Å². The molecule has 2 unspecified atom stereocenters. The molecule has 5 heteroatoms. The van der Waals surface area contributed by atoms with Crippen molar-refractivity contribution < 1.29 is 0 Å². The number of thiophene rings is 1. The van der Waals surface area contributed by atoms with Crippen molar-refractivity contribution >= 4 is 39.0 Å². The van der Waals surface area contributed by atoms with Crippen molar-refractivity contribution in [2.75, 3.05) is 18.0 Å². The van der Waals surface area contributed by atoms with Crippen molar-refractivity contribution in [3.63, 3.8) is 0 Å². The summed E-state index contributed by atoms with van der Waals surface area (Å²) in [6.07, 6.45) is 2.78. The fraction of sp³-hybridized carbons (Fsp3) is 0.500. The molecule has 0 bridgehead atoms. The lowest BCUT2D eigenvalue weighted by molar-refractivity contribution is 0.444. The quantitative estimate of drug-likeness (QED) is 0.744. The van der Waals surface area contributed by atoms with Gasteiger partial charge in [0, 0.05) is 13.1 Å². The lowest BCUT2D eigenvalue weighted by atomic mass is 9.98. The molecule has 2 aromatic heterocycles. The molecule has 0 aliphatic carbocycles. The number of nitrogens with zero attached hydrogens (tertiary/aromatic N) is 3. The minimum Gasteiger partial charge on any atom is -0.354 e. The maximum atomic E-state index is 6.35. The number of hydrogen-bond acceptors (Lipinski definition) is 4. The van der Waals surface area contributed by atoms with Gasteiger partial charge in [0.1, 0.15) is 17.0 Å². The van der Waals surface area contributed by atoms with E-state index in [9.17, 15) is 0 Å². The maximum absolute atomic E-state index is 6.35. The minimum absolute atomic E-state index is 0.215. The van der Waals surface area contributed by atoms with E-state index in [4.69, 9.17) is 11.6 Å². The Hall–Kier alpha value is -0.870. The molecule has 0 saturated carbocycles. The highest BCUT2D eigenvalue weighted by molar-refractivity contribution is 7.16. The predicted octanol–water partition coefficient (Wildman–Crippen LogP) is 3.14. The summed E-state index contributed by atoms with van der Waals surface area (Å²) in [5.41, 5.74) is 0. The second-order valence-corrected chi connectivity index (χ2v) is 6.02. The highest BCUT2D eigenvalue weighted by atomic mass is 35.5. The average molecular weight is 268 g/mol. The molecule has 0 amide bonds. The van der Waals surface area contributed by atoms with Crippen molar-refractivity contribution in [1.82, 2.24) is 9.97 Å². The number of halogens is 1. The Morgan fingerprint density at radius 1 is 1.47 bits per heavy atom. The third-order valence-electron chi connectivity index (χ3n) is 3.41. The molecule has 0 spiro atoms.